The average molecular weight is 254 g/mol. The first-order valence-corrected chi connectivity index (χ1v) is 6.77. The third kappa shape index (κ3) is 3.07. The third-order valence-electron chi connectivity index (χ3n) is 3.68. The molecule has 5 heteroatoms. The molecule has 2 atom stereocenters. The summed E-state index contributed by atoms with van der Waals surface area (Å²) in [5, 5.41) is 7.05. The molecular weight excluding hydrogens is 231 g/mol. The van der Waals surface area contributed by atoms with Gasteiger partial charge in [-0.2, -0.15) is 5.10 Å². The number of hydrogen-bond acceptors (Lipinski definition) is 3. The van der Waals surface area contributed by atoms with Crippen molar-refractivity contribution in [2.75, 3.05) is 26.3 Å². The zero-order valence-electron chi connectivity index (χ0n) is 11.5. The van der Waals surface area contributed by atoms with Gasteiger partial charge in [-0.3, -0.25) is 9.49 Å². The summed E-state index contributed by atoms with van der Waals surface area (Å²) in [4.78, 5) is 6.71. The fraction of sp³-hybridized carbons (Fsp3) is 0.846. The number of aromatic amines is 1. The molecule has 0 aromatic carbocycles. The molecule has 2 rings (SSSR count). The Hall–Kier alpha value is -0.970. The molecule has 1 N–H and O–H groups in total. The van der Waals surface area contributed by atoms with E-state index in [1.165, 1.54) is 6.42 Å². The first-order chi connectivity index (χ1) is 8.60. The van der Waals surface area contributed by atoms with Crippen molar-refractivity contribution in [1.82, 2.24) is 20.1 Å². The fourth-order valence-corrected chi connectivity index (χ4v) is 2.56. The van der Waals surface area contributed by atoms with Crippen molar-refractivity contribution in [2.24, 2.45) is 11.8 Å². The Morgan fingerprint density at radius 3 is 2.78 bits per heavy atom. The summed E-state index contributed by atoms with van der Waals surface area (Å²) in [6.07, 6.45) is 1.17. The Kier molecular flexibility index (Phi) is 4.32. The zero-order valence-corrected chi connectivity index (χ0v) is 11.5. The van der Waals surface area contributed by atoms with E-state index >= 15 is 0 Å². The van der Waals surface area contributed by atoms with Crippen molar-refractivity contribution >= 4 is 0 Å². The monoisotopic (exact) mass is 254 g/mol. The van der Waals surface area contributed by atoms with Crippen LogP contribution in [-0.2, 0) is 0 Å². The maximum absolute atomic E-state index is 13.1. The lowest BCUT2D eigenvalue weighted by Crippen LogP contribution is -2.23. The summed E-state index contributed by atoms with van der Waals surface area (Å²) in [6, 6.07) is 0. The molecule has 1 aliphatic rings. The highest BCUT2D eigenvalue weighted by molar-refractivity contribution is 5.05. The van der Waals surface area contributed by atoms with E-state index in [-0.39, 0.29) is 18.5 Å². The normalized spacial score (nSPS) is 25.2. The molecule has 102 valence electrons. The Bertz CT molecular complexity index is 377. The minimum atomic E-state index is -0.281. The standard InChI is InChI=1S/C13H23FN4/c1-9(2)4-5-18-7-11(6-14)12(8-18)13-15-10(3)16-17-13/h9,11-12H,4-8H2,1-3H3,(H,15,16,17)/t11-,12-/m1/s1. The van der Waals surface area contributed by atoms with Crippen molar-refractivity contribution in [3.8, 4) is 0 Å². The molecule has 1 fully saturated rings. The first kappa shape index (κ1) is 13.5. The quantitative estimate of drug-likeness (QED) is 0.875. The largest absolute Gasteiger partial charge is 0.302 e. The molecule has 1 aromatic rings. The van der Waals surface area contributed by atoms with Crippen LogP contribution in [0, 0.1) is 18.8 Å². The van der Waals surface area contributed by atoms with E-state index in [2.05, 4.69) is 33.9 Å². The van der Waals surface area contributed by atoms with Gasteiger partial charge in [0.15, 0.2) is 5.82 Å². The molecule has 18 heavy (non-hydrogen) atoms. The molecule has 0 unspecified atom stereocenters. The smallest absolute Gasteiger partial charge is 0.155 e. The molecule has 1 aromatic heterocycles. The fourth-order valence-electron chi connectivity index (χ4n) is 2.56. The molecular formula is C13H23FN4. The molecule has 1 aliphatic heterocycles. The Morgan fingerprint density at radius 1 is 1.44 bits per heavy atom. The van der Waals surface area contributed by atoms with Gasteiger partial charge >= 0.3 is 0 Å². The van der Waals surface area contributed by atoms with Gasteiger partial charge in [-0.05, 0) is 25.8 Å². The number of alkyl halides is 1. The van der Waals surface area contributed by atoms with Crippen molar-refractivity contribution in [3.63, 3.8) is 0 Å². The second kappa shape index (κ2) is 5.78. The lowest BCUT2D eigenvalue weighted by molar-refractivity contribution is 0.286. The summed E-state index contributed by atoms with van der Waals surface area (Å²) in [5.74, 6) is 2.48. The number of aromatic nitrogens is 3. The van der Waals surface area contributed by atoms with Gasteiger partial charge in [-0.25, -0.2) is 4.98 Å². The predicted octanol–water partition coefficient (Wildman–Crippen LogP) is 2.14. The van der Waals surface area contributed by atoms with Crippen LogP contribution in [-0.4, -0.2) is 46.4 Å². The van der Waals surface area contributed by atoms with Gasteiger partial charge < -0.3 is 4.90 Å². The summed E-state index contributed by atoms with van der Waals surface area (Å²) in [6.45, 7) is 8.81. The lowest BCUT2D eigenvalue weighted by atomic mass is 9.97. The van der Waals surface area contributed by atoms with Gasteiger partial charge in [-0.1, -0.05) is 13.8 Å². The number of nitrogens with one attached hydrogen (secondary N) is 1. The predicted molar refractivity (Wildman–Crippen MR) is 69.2 cm³/mol. The molecule has 0 radical (unpaired) electrons. The number of H-pyrrole nitrogens is 1. The van der Waals surface area contributed by atoms with E-state index in [0.717, 1.165) is 31.3 Å². The summed E-state index contributed by atoms with van der Waals surface area (Å²) >= 11 is 0. The molecule has 0 bridgehead atoms. The van der Waals surface area contributed by atoms with Crippen LogP contribution >= 0.6 is 0 Å². The summed E-state index contributed by atoms with van der Waals surface area (Å²) in [7, 11) is 0. The second-order valence-electron chi connectivity index (χ2n) is 5.74. The van der Waals surface area contributed by atoms with Gasteiger partial charge in [0.1, 0.15) is 5.82 Å². The van der Waals surface area contributed by atoms with Gasteiger partial charge in [0, 0.05) is 24.9 Å². The number of halogens is 1. The van der Waals surface area contributed by atoms with Crippen LogP contribution in [0.15, 0.2) is 0 Å². The number of aryl methyl sites for hydroxylation is 1. The van der Waals surface area contributed by atoms with Crippen molar-refractivity contribution in [2.45, 2.75) is 33.1 Å². The topological polar surface area (TPSA) is 44.8 Å². The Morgan fingerprint density at radius 2 is 2.22 bits per heavy atom. The molecule has 1 saturated heterocycles. The van der Waals surface area contributed by atoms with Gasteiger partial charge in [0.2, 0.25) is 0 Å². The van der Waals surface area contributed by atoms with Crippen LogP contribution in [0.2, 0.25) is 0 Å². The minimum Gasteiger partial charge on any atom is -0.302 e. The summed E-state index contributed by atoms with van der Waals surface area (Å²) < 4.78 is 13.1. The number of hydrogen-bond donors (Lipinski definition) is 1. The number of rotatable bonds is 5. The highest BCUT2D eigenvalue weighted by atomic mass is 19.1. The van der Waals surface area contributed by atoms with Crippen molar-refractivity contribution < 1.29 is 4.39 Å². The third-order valence-corrected chi connectivity index (χ3v) is 3.68. The zero-order chi connectivity index (χ0) is 13.1. The number of likely N-dealkylation sites (tertiary alicyclic amines) is 1. The SMILES string of the molecule is Cc1nc([C@@H]2CN(CCC(C)C)C[C@H]2CF)n[nH]1. The second-order valence-corrected chi connectivity index (χ2v) is 5.74. The highest BCUT2D eigenvalue weighted by Crippen LogP contribution is 2.31. The highest BCUT2D eigenvalue weighted by Gasteiger charge is 2.35. The van der Waals surface area contributed by atoms with E-state index < -0.39 is 0 Å². The minimum absolute atomic E-state index is 0.0485. The molecule has 0 aliphatic carbocycles. The molecule has 0 spiro atoms. The van der Waals surface area contributed by atoms with E-state index in [0.29, 0.717) is 5.92 Å². The molecule has 4 nitrogen and oxygen atoms in total. The van der Waals surface area contributed by atoms with Gasteiger partial charge in [-0.15, -0.1) is 0 Å². The van der Waals surface area contributed by atoms with Crippen LogP contribution < -0.4 is 0 Å². The summed E-state index contributed by atoms with van der Waals surface area (Å²) in [5.41, 5.74) is 0. The lowest BCUT2D eigenvalue weighted by Gasteiger charge is -2.16. The van der Waals surface area contributed by atoms with Crippen molar-refractivity contribution in [1.29, 1.82) is 0 Å². The van der Waals surface area contributed by atoms with Crippen LogP contribution in [0.5, 0.6) is 0 Å². The van der Waals surface area contributed by atoms with Gasteiger partial charge in [0.25, 0.3) is 0 Å². The van der Waals surface area contributed by atoms with Crippen LogP contribution in [0.4, 0.5) is 4.39 Å². The van der Waals surface area contributed by atoms with E-state index in [9.17, 15) is 4.39 Å². The molecule has 2 heterocycles. The van der Waals surface area contributed by atoms with Crippen molar-refractivity contribution in [3.05, 3.63) is 11.6 Å². The maximum Gasteiger partial charge on any atom is 0.155 e. The Labute approximate surface area is 108 Å². The van der Waals surface area contributed by atoms with E-state index in [1.54, 1.807) is 0 Å². The average Bonchev–Trinajstić information content (AvgIpc) is 2.92. The van der Waals surface area contributed by atoms with Gasteiger partial charge in [0.05, 0.1) is 6.67 Å². The maximum atomic E-state index is 13.1. The first-order valence-electron chi connectivity index (χ1n) is 6.77. The number of nitrogens with zero attached hydrogens (tertiary/aromatic N) is 3. The van der Waals surface area contributed by atoms with E-state index in [4.69, 9.17) is 0 Å². The molecule has 0 saturated carbocycles. The van der Waals surface area contributed by atoms with E-state index in [1.807, 2.05) is 6.92 Å². The Balaban J connectivity index is 1.98. The van der Waals surface area contributed by atoms with Crippen LogP contribution in [0.25, 0.3) is 0 Å². The van der Waals surface area contributed by atoms with Crippen LogP contribution in [0.3, 0.4) is 0 Å². The molecule has 0 amide bonds. The van der Waals surface area contributed by atoms with Crippen LogP contribution in [0.1, 0.15) is 37.8 Å².